The molecule has 1 aromatic carbocycles. The van der Waals surface area contributed by atoms with Gasteiger partial charge in [0.2, 0.25) is 0 Å². The average Bonchev–Trinajstić information content (AvgIpc) is 2.89. The predicted molar refractivity (Wildman–Crippen MR) is 77.1 cm³/mol. The molecule has 0 atom stereocenters. The molecule has 0 aliphatic rings. The number of halogens is 2. The van der Waals surface area contributed by atoms with E-state index in [1.807, 2.05) is 0 Å². The molecule has 6 nitrogen and oxygen atoms in total. The zero-order valence-corrected chi connectivity index (χ0v) is 11.9. The second kappa shape index (κ2) is 5.15. The van der Waals surface area contributed by atoms with Gasteiger partial charge in [-0.2, -0.15) is 19.6 Å². The van der Waals surface area contributed by atoms with Crippen molar-refractivity contribution in [2.24, 2.45) is 0 Å². The van der Waals surface area contributed by atoms with E-state index in [1.54, 1.807) is 31.4 Å². The molecular weight excluding hydrogens is 301 g/mol. The molecule has 0 spiro atoms. The molecule has 0 fully saturated rings. The fraction of sp³-hybridized carbons (Fsp3) is 0.0833. The maximum Gasteiger partial charge on any atom is 0.255 e. The molecule has 0 saturated carbocycles. The van der Waals surface area contributed by atoms with E-state index in [9.17, 15) is 0 Å². The summed E-state index contributed by atoms with van der Waals surface area (Å²) >= 11 is 12.1. The van der Waals surface area contributed by atoms with Crippen LogP contribution in [0, 0.1) is 0 Å². The van der Waals surface area contributed by atoms with E-state index in [4.69, 9.17) is 27.9 Å². The van der Waals surface area contributed by atoms with Crippen molar-refractivity contribution in [3.63, 3.8) is 0 Å². The van der Waals surface area contributed by atoms with Crippen molar-refractivity contribution in [3.8, 4) is 5.75 Å². The second-order valence-corrected chi connectivity index (χ2v) is 4.70. The van der Waals surface area contributed by atoms with E-state index in [1.165, 1.54) is 10.8 Å². The van der Waals surface area contributed by atoms with Gasteiger partial charge >= 0.3 is 0 Å². The van der Waals surface area contributed by atoms with Crippen LogP contribution in [-0.4, -0.2) is 26.7 Å². The summed E-state index contributed by atoms with van der Waals surface area (Å²) in [5.41, 5.74) is 0.671. The Hall–Kier alpha value is -2.05. The number of ether oxygens (including phenoxy) is 1. The first-order chi connectivity index (χ1) is 9.67. The number of nitrogens with one attached hydrogen (secondary N) is 1. The first kappa shape index (κ1) is 13.0. The Kier molecular flexibility index (Phi) is 3.33. The van der Waals surface area contributed by atoms with E-state index >= 15 is 0 Å². The van der Waals surface area contributed by atoms with Crippen molar-refractivity contribution in [3.05, 3.63) is 40.8 Å². The summed E-state index contributed by atoms with van der Waals surface area (Å²) in [6, 6.07) is 6.93. The number of nitrogens with zero attached hydrogens (tertiary/aromatic N) is 4. The molecule has 0 radical (unpaired) electrons. The van der Waals surface area contributed by atoms with Gasteiger partial charge in [-0.25, -0.2) is 0 Å². The normalized spacial score (nSPS) is 10.8. The third kappa shape index (κ3) is 2.35. The average molecular weight is 310 g/mol. The summed E-state index contributed by atoms with van der Waals surface area (Å²) in [5, 5.41) is 8.08. The van der Waals surface area contributed by atoms with Gasteiger partial charge in [-0.3, -0.25) is 0 Å². The number of aromatic nitrogens is 4. The van der Waals surface area contributed by atoms with Gasteiger partial charge < -0.3 is 10.1 Å². The highest BCUT2D eigenvalue weighted by atomic mass is 35.5. The minimum absolute atomic E-state index is 0.312. The van der Waals surface area contributed by atoms with Crippen LogP contribution in [0.5, 0.6) is 5.75 Å². The Balaban J connectivity index is 2.07. The minimum Gasteiger partial charge on any atom is -0.497 e. The molecule has 0 bridgehead atoms. The Morgan fingerprint density at radius 1 is 1.25 bits per heavy atom. The summed E-state index contributed by atoms with van der Waals surface area (Å²) in [4.78, 5) is 8.05. The third-order valence-corrected chi connectivity index (χ3v) is 3.18. The number of fused-ring (bicyclic) bond motifs is 1. The summed E-state index contributed by atoms with van der Waals surface area (Å²) in [6.07, 6.45) is 1.40. The van der Waals surface area contributed by atoms with Crippen molar-refractivity contribution in [2.45, 2.75) is 0 Å². The molecule has 0 aliphatic heterocycles. The molecule has 0 amide bonds. The Morgan fingerprint density at radius 3 is 2.90 bits per heavy atom. The number of hydrogen-bond donors (Lipinski definition) is 1. The lowest BCUT2D eigenvalue weighted by Crippen LogP contribution is -2.02. The van der Waals surface area contributed by atoms with Crippen molar-refractivity contribution in [1.82, 2.24) is 19.6 Å². The van der Waals surface area contributed by atoms with E-state index < -0.39 is 0 Å². The molecule has 102 valence electrons. The third-order valence-electron chi connectivity index (χ3n) is 2.66. The zero-order chi connectivity index (χ0) is 14.1. The molecule has 2 heterocycles. The van der Waals surface area contributed by atoms with Gasteiger partial charge in [0.1, 0.15) is 23.0 Å². The molecule has 0 saturated heterocycles. The number of methoxy groups -OCH3 is 1. The largest absolute Gasteiger partial charge is 0.497 e. The Morgan fingerprint density at radius 2 is 2.10 bits per heavy atom. The lowest BCUT2D eigenvalue weighted by molar-refractivity contribution is 0.415. The number of anilines is 2. The highest BCUT2D eigenvalue weighted by Crippen LogP contribution is 2.29. The first-order valence-electron chi connectivity index (χ1n) is 5.64. The molecule has 1 N–H and O–H groups in total. The summed E-state index contributed by atoms with van der Waals surface area (Å²) in [6.45, 7) is 0. The van der Waals surface area contributed by atoms with Gasteiger partial charge in [0.05, 0.1) is 17.8 Å². The van der Waals surface area contributed by atoms with Gasteiger partial charge in [0.15, 0.2) is 0 Å². The fourth-order valence-corrected chi connectivity index (χ4v) is 2.08. The highest BCUT2D eigenvalue weighted by Gasteiger charge is 2.09. The van der Waals surface area contributed by atoms with Gasteiger partial charge in [0.25, 0.3) is 5.78 Å². The number of rotatable bonds is 3. The van der Waals surface area contributed by atoms with Crippen molar-refractivity contribution >= 4 is 40.5 Å². The van der Waals surface area contributed by atoms with E-state index in [2.05, 4.69) is 20.4 Å². The van der Waals surface area contributed by atoms with Crippen molar-refractivity contribution in [2.75, 3.05) is 12.4 Å². The van der Waals surface area contributed by atoms with Gasteiger partial charge in [-0.15, -0.1) is 0 Å². The maximum atomic E-state index is 6.16. The van der Waals surface area contributed by atoms with Crippen LogP contribution in [0.4, 0.5) is 11.5 Å². The van der Waals surface area contributed by atoms with Gasteiger partial charge in [0, 0.05) is 12.1 Å². The monoisotopic (exact) mass is 309 g/mol. The Labute approximate surface area is 124 Å². The molecule has 3 rings (SSSR count). The van der Waals surface area contributed by atoms with E-state index in [-0.39, 0.29) is 0 Å². The maximum absolute atomic E-state index is 6.16. The molecular formula is C12H9Cl2N5O. The highest BCUT2D eigenvalue weighted by molar-refractivity contribution is 6.33. The summed E-state index contributed by atoms with van der Waals surface area (Å²) in [5.74, 6) is 1.69. The molecule has 3 aromatic rings. The first-order valence-corrected chi connectivity index (χ1v) is 6.40. The van der Waals surface area contributed by atoms with Crippen LogP contribution < -0.4 is 10.1 Å². The molecule has 20 heavy (non-hydrogen) atoms. The van der Waals surface area contributed by atoms with Crippen LogP contribution >= 0.6 is 23.2 Å². The second-order valence-electron chi connectivity index (χ2n) is 3.91. The fourth-order valence-electron chi connectivity index (χ4n) is 1.74. The molecule has 0 unspecified atom stereocenters. The zero-order valence-electron chi connectivity index (χ0n) is 10.3. The smallest absolute Gasteiger partial charge is 0.255 e. The molecule has 0 aliphatic carbocycles. The van der Waals surface area contributed by atoms with E-state index in [0.717, 1.165) is 0 Å². The van der Waals surface area contributed by atoms with Crippen LogP contribution in [0.1, 0.15) is 0 Å². The number of benzene rings is 1. The van der Waals surface area contributed by atoms with Crippen molar-refractivity contribution in [1.29, 1.82) is 0 Å². The van der Waals surface area contributed by atoms with Crippen LogP contribution in [-0.2, 0) is 0 Å². The molecule has 8 heteroatoms. The van der Waals surface area contributed by atoms with Crippen LogP contribution in [0.15, 0.2) is 30.6 Å². The topological polar surface area (TPSA) is 64.3 Å². The predicted octanol–water partition coefficient (Wildman–Crippen LogP) is 3.18. The van der Waals surface area contributed by atoms with Gasteiger partial charge in [-0.1, -0.05) is 23.2 Å². The lowest BCUT2D eigenvalue weighted by Gasteiger charge is -2.11. The van der Waals surface area contributed by atoms with Crippen LogP contribution in [0.3, 0.4) is 0 Å². The number of hydrogen-bond acceptors (Lipinski definition) is 5. The minimum atomic E-state index is 0.312. The SMILES string of the molecule is COc1ccc(Cl)c(Nc2cc(Cl)nc3ncnn23)c1. The lowest BCUT2D eigenvalue weighted by atomic mass is 10.3. The molecule has 2 aromatic heterocycles. The quantitative estimate of drug-likeness (QED) is 0.753. The standard InChI is InChI=1S/C12H9Cl2N5O/c1-20-7-2-3-8(13)9(4-7)17-11-5-10(14)18-12-15-6-16-19(11)12/h2-6,17H,1H3. The summed E-state index contributed by atoms with van der Waals surface area (Å²) < 4.78 is 6.70. The van der Waals surface area contributed by atoms with E-state index in [0.29, 0.717) is 33.2 Å². The van der Waals surface area contributed by atoms with Gasteiger partial charge in [-0.05, 0) is 12.1 Å². The van der Waals surface area contributed by atoms with Crippen molar-refractivity contribution < 1.29 is 4.74 Å². The Bertz CT molecular complexity index is 774. The van der Waals surface area contributed by atoms with Crippen LogP contribution in [0.25, 0.3) is 5.78 Å². The summed E-state index contributed by atoms with van der Waals surface area (Å²) in [7, 11) is 1.59. The van der Waals surface area contributed by atoms with Crippen LogP contribution in [0.2, 0.25) is 10.2 Å².